The van der Waals surface area contributed by atoms with E-state index in [2.05, 4.69) is 16.0 Å². The molecule has 1 radical (unpaired) electrons. The number of aromatic nitrogens is 2. The molecule has 0 aromatic carbocycles. The van der Waals surface area contributed by atoms with E-state index in [1.54, 1.807) is 18.6 Å². The molecule has 2 aromatic rings. The minimum atomic E-state index is 0. The van der Waals surface area contributed by atoms with Crippen molar-refractivity contribution >= 4 is 0 Å². The van der Waals surface area contributed by atoms with Crippen LogP contribution < -0.4 is 0 Å². The van der Waals surface area contributed by atoms with Gasteiger partial charge in [-0.05, 0) is 18.0 Å². The summed E-state index contributed by atoms with van der Waals surface area (Å²) in [6.07, 6.45) is 5.17. The Morgan fingerprint density at radius 2 is 2.07 bits per heavy atom. The summed E-state index contributed by atoms with van der Waals surface area (Å²) in [5.41, 5.74) is 1.93. The van der Waals surface area contributed by atoms with E-state index in [1.165, 1.54) is 0 Å². The van der Waals surface area contributed by atoms with Crippen LogP contribution in [0.25, 0.3) is 17.4 Å². The maximum Gasteiger partial charge on any atom is 0.0256 e. The molecule has 3 nitrogen and oxygen atoms in total. The number of rotatable bonds is 1. The second kappa shape index (κ2) is 6.76. The van der Waals surface area contributed by atoms with Crippen molar-refractivity contribution in [3.63, 3.8) is 0 Å². The van der Waals surface area contributed by atoms with Crippen molar-refractivity contribution in [2.45, 2.75) is 0 Å². The number of nitrogens with two attached hydrogens (primary N) is 1. The van der Waals surface area contributed by atoms with E-state index in [0.29, 0.717) is 0 Å². The van der Waals surface area contributed by atoms with E-state index in [-0.39, 0.29) is 38.9 Å². The van der Waals surface area contributed by atoms with Gasteiger partial charge in [0.2, 0.25) is 0 Å². The fourth-order valence-corrected chi connectivity index (χ4v) is 0.999. The van der Waals surface area contributed by atoms with E-state index in [4.69, 9.17) is 0 Å². The molecule has 0 saturated heterocycles. The molecule has 0 saturated carbocycles. The fraction of sp³-hybridized carbons (Fsp3) is 0. The molecule has 14 heavy (non-hydrogen) atoms. The van der Waals surface area contributed by atoms with Crippen LogP contribution in [-0.2, 0) is 32.7 Å². The van der Waals surface area contributed by atoms with Crippen LogP contribution in [0.2, 0.25) is 0 Å². The van der Waals surface area contributed by atoms with Crippen molar-refractivity contribution in [2.24, 2.45) is 0 Å². The molecular formula is C10H9N3Y-2. The molecule has 0 unspecified atom stereocenters. The Morgan fingerprint density at radius 3 is 2.64 bits per heavy atom. The third kappa shape index (κ3) is 3.26. The summed E-state index contributed by atoms with van der Waals surface area (Å²) in [5.74, 6) is 0. The van der Waals surface area contributed by atoms with Gasteiger partial charge in [0.25, 0.3) is 0 Å². The van der Waals surface area contributed by atoms with Gasteiger partial charge in [-0.15, -0.1) is 5.56 Å². The summed E-state index contributed by atoms with van der Waals surface area (Å²) in [7, 11) is 0. The number of hydrogen-bond acceptors (Lipinski definition) is 2. The van der Waals surface area contributed by atoms with Gasteiger partial charge in [-0.1, -0.05) is 18.3 Å². The molecule has 0 aliphatic carbocycles. The SMILES string of the molecule is [NH2-].[Y].[c-]1cncc(-c2ccccn2)c1. The van der Waals surface area contributed by atoms with Gasteiger partial charge in [-0.3, -0.25) is 4.98 Å². The van der Waals surface area contributed by atoms with Crippen LogP contribution in [0.3, 0.4) is 0 Å². The van der Waals surface area contributed by atoms with Crippen LogP contribution in [0.1, 0.15) is 0 Å². The Morgan fingerprint density at radius 1 is 1.21 bits per heavy atom. The van der Waals surface area contributed by atoms with Crippen LogP contribution in [0.5, 0.6) is 0 Å². The number of pyridine rings is 2. The molecule has 2 N–H and O–H groups in total. The second-order valence-electron chi connectivity index (χ2n) is 2.39. The van der Waals surface area contributed by atoms with Gasteiger partial charge < -0.3 is 11.1 Å². The van der Waals surface area contributed by atoms with Crippen LogP contribution in [0.4, 0.5) is 0 Å². The summed E-state index contributed by atoms with van der Waals surface area (Å²) < 4.78 is 0. The molecule has 0 spiro atoms. The molecule has 2 rings (SSSR count). The Balaban J connectivity index is 0.000000845. The van der Waals surface area contributed by atoms with Gasteiger partial charge in [-0.25, -0.2) is 12.1 Å². The van der Waals surface area contributed by atoms with Crippen LogP contribution in [-0.4, -0.2) is 9.97 Å². The van der Waals surface area contributed by atoms with Crippen molar-refractivity contribution < 1.29 is 32.7 Å². The monoisotopic (exact) mass is 260 g/mol. The van der Waals surface area contributed by atoms with E-state index < -0.39 is 0 Å². The van der Waals surface area contributed by atoms with Crippen molar-refractivity contribution in [2.75, 3.05) is 0 Å². The summed E-state index contributed by atoms with van der Waals surface area (Å²) >= 11 is 0. The molecule has 0 fully saturated rings. The normalized spacial score (nSPS) is 8.29. The predicted octanol–water partition coefficient (Wildman–Crippen LogP) is 2.66. The standard InChI is InChI=1S/C10H7N2.H2N.Y/c1-2-7-12-10(5-1)9-4-3-6-11-8-9;;/h1-2,4-8H;1H2;/q2*-1;. The topological polar surface area (TPSA) is 59.3 Å². The largest absolute Gasteiger partial charge is 0.693 e. The second-order valence-corrected chi connectivity index (χ2v) is 2.39. The Bertz CT molecular complexity index is 313. The molecule has 2 heterocycles. The van der Waals surface area contributed by atoms with Crippen molar-refractivity contribution in [3.8, 4) is 11.3 Å². The summed E-state index contributed by atoms with van der Waals surface area (Å²) in [6.45, 7) is 0. The smallest absolute Gasteiger partial charge is 0.0256 e. The van der Waals surface area contributed by atoms with E-state index in [9.17, 15) is 0 Å². The first kappa shape index (κ1) is 13.4. The average molecular weight is 260 g/mol. The molecule has 0 atom stereocenters. The van der Waals surface area contributed by atoms with Crippen LogP contribution >= 0.6 is 0 Å². The van der Waals surface area contributed by atoms with Gasteiger partial charge in [0.1, 0.15) is 0 Å². The number of nitrogens with zero attached hydrogens (tertiary/aromatic N) is 2. The third-order valence-electron chi connectivity index (χ3n) is 1.56. The Labute approximate surface area is 108 Å². The van der Waals surface area contributed by atoms with E-state index >= 15 is 0 Å². The zero-order valence-electron chi connectivity index (χ0n) is 7.59. The van der Waals surface area contributed by atoms with E-state index in [0.717, 1.165) is 11.3 Å². The fourth-order valence-electron chi connectivity index (χ4n) is 0.999. The first-order chi connectivity index (χ1) is 5.97. The number of hydrogen-bond donors (Lipinski definition) is 0. The molecular weight excluding hydrogens is 251 g/mol. The molecule has 2 aromatic heterocycles. The summed E-state index contributed by atoms with van der Waals surface area (Å²) in [6, 6.07) is 10.6. The van der Waals surface area contributed by atoms with Crippen molar-refractivity contribution in [3.05, 3.63) is 55.1 Å². The quantitative estimate of drug-likeness (QED) is 0.740. The third-order valence-corrected chi connectivity index (χ3v) is 1.56. The zero-order chi connectivity index (χ0) is 8.23. The molecule has 69 valence electrons. The van der Waals surface area contributed by atoms with Crippen molar-refractivity contribution in [1.82, 2.24) is 9.97 Å². The first-order valence-electron chi connectivity index (χ1n) is 3.69. The van der Waals surface area contributed by atoms with Gasteiger partial charge in [0.15, 0.2) is 0 Å². The van der Waals surface area contributed by atoms with Gasteiger partial charge >= 0.3 is 0 Å². The zero-order valence-corrected chi connectivity index (χ0v) is 10.4. The van der Waals surface area contributed by atoms with Crippen molar-refractivity contribution in [1.29, 1.82) is 0 Å². The molecule has 0 aliphatic heterocycles. The maximum atomic E-state index is 4.19. The minimum Gasteiger partial charge on any atom is -0.693 e. The summed E-state index contributed by atoms with van der Waals surface area (Å²) in [5, 5.41) is 0. The summed E-state index contributed by atoms with van der Waals surface area (Å²) in [4.78, 5) is 8.15. The molecule has 4 heteroatoms. The Kier molecular flexibility index (Phi) is 6.46. The minimum absolute atomic E-state index is 0. The molecule has 0 bridgehead atoms. The van der Waals surface area contributed by atoms with Crippen LogP contribution in [0, 0.1) is 6.07 Å². The predicted molar refractivity (Wildman–Crippen MR) is 51.6 cm³/mol. The average Bonchev–Trinajstić information content (AvgIpc) is 2.21. The van der Waals surface area contributed by atoms with Crippen LogP contribution in [0.15, 0.2) is 42.9 Å². The van der Waals surface area contributed by atoms with Gasteiger partial charge in [0, 0.05) is 38.9 Å². The molecule has 0 aliphatic rings. The van der Waals surface area contributed by atoms with Gasteiger partial charge in [-0.2, -0.15) is 0 Å². The van der Waals surface area contributed by atoms with Gasteiger partial charge in [0.05, 0.1) is 0 Å². The van der Waals surface area contributed by atoms with E-state index in [1.807, 2.05) is 24.3 Å². The maximum absolute atomic E-state index is 4.19. The first-order valence-corrected chi connectivity index (χ1v) is 3.69. The Hall–Kier alpha value is -0.636. The molecule has 0 amide bonds.